The number of hydrogen-bond donors (Lipinski definition) is 3. The standard InChI is InChI=1S/C12H15F2N3O3/c1-2-8(10(15)17-19)16-11(18)7-5-3-4-6-9(7)20-12(13)14/h3-6,8,12,19H,2H2,1H3,(H2,15,17)(H,16,18). The van der Waals surface area contributed by atoms with Gasteiger partial charge in [0.05, 0.1) is 11.6 Å². The van der Waals surface area contributed by atoms with E-state index in [4.69, 9.17) is 10.9 Å². The fourth-order valence-electron chi connectivity index (χ4n) is 1.54. The van der Waals surface area contributed by atoms with E-state index < -0.39 is 18.6 Å². The van der Waals surface area contributed by atoms with Crippen LogP contribution in [0.1, 0.15) is 23.7 Å². The molecule has 4 N–H and O–H groups in total. The number of nitrogens with one attached hydrogen (secondary N) is 1. The van der Waals surface area contributed by atoms with E-state index in [1.54, 1.807) is 6.92 Å². The molecule has 0 bridgehead atoms. The Hall–Kier alpha value is -2.38. The Balaban J connectivity index is 2.92. The van der Waals surface area contributed by atoms with Gasteiger partial charge < -0.3 is 21.0 Å². The highest BCUT2D eigenvalue weighted by molar-refractivity contribution is 6.00. The molecule has 0 saturated heterocycles. The Kier molecular flexibility index (Phi) is 5.70. The molecule has 1 aromatic rings. The summed E-state index contributed by atoms with van der Waals surface area (Å²) in [5, 5.41) is 13.9. The van der Waals surface area contributed by atoms with Gasteiger partial charge in [0, 0.05) is 0 Å². The van der Waals surface area contributed by atoms with Crippen molar-refractivity contribution in [2.24, 2.45) is 10.9 Å². The zero-order valence-corrected chi connectivity index (χ0v) is 10.7. The van der Waals surface area contributed by atoms with Gasteiger partial charge in [-0.2, -0.15) is 8.78 Å². The van der Waals surface area contributed by atoms with Gasteiger partial charge >= 0.3 is 6.61 Å². The first-order valence-corrected chi connectivity index (χ1v) is 5.81. The number of benzene rings is 1. The minimum absolute atomic E-state index is 0.0583. The van der Waals surface area contributed by atoms with Gasteiger partial charge in [-0.3, -0.25) is 4.79 Å². The molecule has 0 aromatic heterocycles. The summed E-state index contributed by atoms with van der Waals surface area (Å²) in [5.41, 5.74) is 5.35. The lowest BCUT2D eigenvalue weighted by Gasteiger charge is -2.16. The van der Waals surface area contributed by atoms with Crippen molar-refractivity contribution in [1.29, 1.82) is 0 Å². The Morgan fingerprint density at radius 2 is 2.15 bits per heavy atom. The van der Waals surface area contributed by atoms with E-state index in [0.29, 0.717) is 6.42 Å². The molecule has 0 radical (unpaired) electrons. The van der Waals surface area contributed by atoms with Crippen molar-refractivity contribution in [2.45, 2.75) is 26.0 Å². The van der Waals surface area contributed by atoms with Crippen LogP contribution >= 0.6 is 0 Å². The summed E-state index contributed by atoms with van der Waals surface area (Å²) < 4.78 is 28.8. The molecule has 20 heavy (non-hydrogen) atoms. The molecule has 1 atom stereocenters. The number of oxime groups is 1. The fourth-order valence-corrected chi connectivity index (χ4v) is 1.54. The Morgan fingerprint density at radius 1 is 1.50 bits per heavy atom. The minimum Gasteiger partial charge on any atom is -0.434 e. The lowest BCUT2D eigenvalue weighted by atomic mass is 10.1. The summed E-state index contributed by atoms with van der Waals surface area (Å²) in [5.74, 6) is -1.07. The number of ether oxygens (including phenoxy) is 1. The Morgan fingerprint density at radius 3 is 2.70 bits per heavy atom. The number of nitrogens with two attached hydrogens (primary N) is 1. The number of carbonyl (C=O) groups is 1. The number of amidine groups is 1. The van der Waals surface area contributed by atoms with E-state index in [2.05, 4.69) is 15.2 Å². The van der Waals surface area contributed by atoms with Crippen molar-refractivity contribution in [3.8, 4) is 5.75 Å². The first-order chi connectivity index (χ1) is 9.49. The molecule has 0 fully saturated rings. The van der Waals surface area contributed by atoms with Crippen LogP contribution in [-0.4, -0.2) is 29.6 Å². The average Bonchev–Trinajstić information content (AvgIpc) is 2.43. The topological polar surface area (TPSA) is 96.9 Å². The largest absolute Gasteiger partial charge is 0.434 e. The van der Waals surface area contributed by atoms with Crippen molar-refractivity contribution < 1.29 is 23.5 Å². The maximum atomic E-state index is 12.2. The average molecular weight is 287 g/mol. The van der Waals surface area contributed by atoms with E-state index in [9.17, 15) is 13.6 Å². The van der Waals surface area contributed by atoms with Gasteiger partial charge in [0.1, 0.15) is 5.75 Å². The first kappa shape index (κ1) is 15.7. The van der Waals surface area contributed by atoms with Crippen LogP contribution in [0.15, 0.2) is 29.4 Å². The molecule has 0 spiro atoms. The first-order valence-electron chi connectivity index (χ1n) is 5.81. The van der Waals surface area contributed by atoms with Crippen molar-refractivity contribution in [3.05, 3.63) is 29.8 Å². The Labute approximate surface area is 114 Å². The van der Waals surface area contributed by atoms with E-state index in [1.807, 2.05) is 0 Å². The zero-order valence-electron chi connectivity index (χ0n) is 10.7. The third-order valence-electron chi connectivity index (χ3n) is 2.53. The molecular weight excluding hydrogens is 272 g/mol. The van der Waals surface area contributed by atoms with Crippen LogP contribution in [0.5, 0.6) is 5.75 Å². The van der Waals surface area contributed by atoms with E-state index >= 15 is 0 Å². The number of carbonyl (C=O) groups excluding carboxylic acids is 1. The minimum atomic E-state index is -3.03. The highest BCUT2D eigenvalue weighted by Gasteiger charge is 2.19. The van der Waals surface area contributed by atoms with Gasteiger partial charge in [-0.25, -0.2) is 0 Å². The lowest BCUT2D eigenvalue weighted by Crippen LogP contribution is -2.44. The van der Waals surface area contributed by atoms with Crippen molar-refractivity contribution in [3.63, 3.8) is 0 Å². The normalized spacial score (nSPS) is 13.1. The van der Waals surface area contributed by atoms with Crippen molar-refractivity contribution in [2.75, 3.05) is 0 Å². The molecule has 1 unspecified atom stereocenters. The Bertz CT molecular complexity index is 495. The van der Waals surface area contributed by atoms with Crippen LogP contribution in [0.2, 0.25) is 0 Å². The predicted octanol–water partition coefficient (Wildman–Crippen LogP) is 1.54. The van der Waals surface area contributed by atoms with Gasteiger partial charge in [0.2, 0.25) is 0 Å². The van der Waals surface area contributed by atoms with Crippen LogP contribution in [-0.2, 0) is 0 Å². The summed E-state index contributed by atoms with van der Waals surface area (Å²) in [6.07, 6.45) is 0.375. The maximum absolute atomic E-state index is 12.2. The predicted molar refractivity (Wildman–Crippen MR) is 68.0 cm³/mol. The molecule has 0 aliphatic rings. The number of amides is 1. The van der Waals surface area contributed by atoms with Crippen molar-refractivity contribution in [1.82, 2.24) is 5.32 Å². The summed E-state index contributed by atoms with van der Waals surface area (Å²) in [6.45, 7) is -1.32. The SMILES string of the molecule is CCC(NC(=O)c1ccccc1OC(F)F)/C(N)=N/O. The van der Waals surface area contributed by atoms with Crippen LogP contribution in [0.3, 0.4) is 0 Å². The number of hydrogen-bond acceptors (Lipinski definition) is 4. The number of rotatable bonds is 6. The smallest absolute Gasteiger partial charge is 0.387 e. The van der Waals surface area contributed by atoms with Crippen LogP contribution in [0.25, 0.3) is 0 Å². The highest BCUT2D eigenvalue weighted by Crippen LogP contribution is 2.20. The van der Waals surface area contributed by atoms with Gasteiger partial charge in [0.25, 0.3) is 5.91 Å². The van der Waals surface area contributed by atoms with Gasteiger partial charge in [-0.05, 0) is 18.6 Å². The molecule has 1 amide bonds. The molecule has 0 aliphatic carbocycles. The van der Waals surface area contributed by atoms with E-state index in [-0.39, 0.29) is 17.1 Å². The summed E-state index contributed by atoms with van der Waals surface area (Å²) in [4.78, 5) is 12.0. The van der Waals surface area contributed by atoms with Gasteiger partial charge in [-0.1, -0.05) is 24.2 Å². The van der Waals surface area contributed by atoms with Gasteiger partial charge in [0.15, 0.2) is 5.84 Å². The molecule has 110 valence electrons. The molecule has 1 aromatic carbocycles. The molecule has 8 heteroatoms. The molecule has 1 rings (SSSR count). The molecule has 0 aliphatic heterocycles. The van der Waals surface area contributed by atoms with Crippen LogP contribution in [0.4, 0.5) is 8.78 Å². The lowest BCUT2D eigenvalue weighted by molar-refractivity contribution is -0.0501. The number of alkyl halides is 2. The highest BCUT2D eigenvalue weighted by atomic mass is 19.3. The summed E-state index contributed by atoms with van der Waals surface area (Å²) >= 11 is 0. The third-order valence-corrected chi connectivity index (χ3v) is 2.53. The van der Waals surface area contributed by atoms with Crippen LogP contribution < -0.4 is 15.8 Å². The van der Waals surface area contributed by atoms with Gasteiger partial charge in [-0.15, -0.1) is 0 Å². The number of halogens is 2. The second-order valence-electron chi connectivity index (χ2n) is 3.83. The molecular formula is C12H15F2N3O3. The van der Waals surface area contributed by atoms with Crippen LogP contribution in [0, 0.1) is 0 Å². The maximum Gasteiger partial charge on any atom is 0.387 e. The fraction of sp³-hybridized carbons (Fsp3) is 0.333. The van der Waals surface area contributed by atoms with E-state index in [1.165, 1.54) is 24.3 Å². The van der Waals surface area contributed by atoms with Crippen molar-refractivity contribution >= 4 is 11.7 Å². The molecule has 6 nitrogen and oxygen atoms in total. The quantitative estimate of drug-likeness (QED) is 0.320. The van der Waals surface area contributed by atoms with E-state index in [0.717, 1.165) is 0 Å². The number of para-hydroxylation sites is 1. The number of nitrogens with zero attached hydrogens (tertiary/aromatic N) is 1. The zero-order chi connectivity index (χ0) is 15.1. The second-order valence-corrected chi connectivity index (χ2v) is 3.83. The third kappa shape index (κ3) is 4.08. The second kappa shape index (κ2) is 7.27. The monoisotopic (exact) mass is 287 g/mol. The molecule has 0 saturated carbocycles. The summed E-state index contributed by atoms with van der Waals surface area (Å²) in [7, 11) is 0. The summed E-state index contributed by atoms with van der Waals surface area (Å²) in [6, 6.07) is 4.87. The molecule has 0 heterocycles.